The van der Waals surface area contributed by atoms with Gasteiger partial charge in [-0.25, -0.2) is 0 Å². The molecule has 8 heteroatoms. The fraction of sp³-hybridized carbons (Fsp3) is 0.462. The second-order valence-electron chi connectivity index (χ2n) is 9.88. The first kappa shape index (κ1) is 21.1. The molecule has 34 heavy (non-hydrogen) atoms. The van der Waals surface area contributed by atoms with Crippen molar-refractivity contribution >= 4 is 22.9 Å². The first-order valence-corrected chi connectivity index (χ1v) is 12.0. The minimum atomic E-state index is -1.06. The fourth-order valence-electron chi connectivity index (χ4n) is 5.52. The number of carbonyl (C=O) groups is 2. The van der Waals surface area contributed by atoms with Gasteiger partial charge in [-0.1, -0.05) is 25.3 Å². The van der Waals surface area contributed by atoms with Crippen molar-refractivity contribution < 1.29 is 23.5 Å². The normalized spacial score (nSPS) is 22.3. The predicted octanol–water partition coefficient (Wildman–Crippen LogP) is 4.14. The topological polar surface area (TPSA) is 85.9 Å². The van der Waals surface area contributed by atoms with Crippen LogP contribution < -0.4 is 14.8 Å². The van der Waals surface area contributed by atoms with Crippen LogP contribution in [0.25, 0.3) is 11.1 Å². The first-order valence-electron chi connectivity index (χ1n) is 12.0. The van der Waals surface area contributed by atoms with Gasteiger partial charge in [0.15, 0.2) is 17.1 Å². The van der Waals surface area contributed by atoms with E-state index >= 15 is 0 Å². The van der Waals surface area contributed by atoms with E-state index in [1.54, 1.807) is 11.0 Å². The lowest BCUT2D eigenvalue weighted by atomic mass is 9.91. The summed E-state index contributed by atoms with van der Waals surface area (Å²) in [6.07, 6.45) is 5.43. The smallest absolute Gasteiger partial charge is 0.271 e. The SMILES string of the molecule is Cc1cc2c(cc3n2C[C@](C)(C(=O)NC2CCCCC2)N(Cc2ccc4c(c2)OCO4)C3=O)o1. The van der Waals surface area contributed by atoms with Gasteiger partial charge >= 0.3 is 0 Å². The summed E-state index contributed by atoms with van der Waals surface area (Å²) in [5.74, 6) is 1.84. The Balaban J connectivity index is 1.38. The van der Waals surface area contributed by atoms with Crippen LogP contribution in [0.4, 0.5) is 0 Å². The van der Waals surface area contributed by atoms with Gasteiger partial charge in [0.1, 0.15) is 17.0 Å². The fourth-order valence-corrected chi connectivity index (χ4v) is 5.52. The number of hydrogen-bond acceptors (Lipinski definition) is 5. The average Bonchev–Trinajstić information content (AvgIpc) is 3.52. The number of aromatic nitrogens is 1. The Kier molecular flexibility index (Phi) is 4.86. The number of hydrogen-bond donors (Lipinski definition) is 1. The van der Waals surface area contributed by atoms with Gasteiger partial charge in [-0.05, 0) is 44.4 Å². The van der Waals surface area contributed by atoms with Crippen LogP contribution in [0.1, 0.15) is 60.8 Å². The molecule has 2 aliphatic heterocycles. The van der Waals surface area contributed by atoms with Crippen molar-refractivity contribution in [3.63, 3.8) is 0 Å². The molecule has 8 nitrogen and oxygen atoms in total. The van der Waals surface area contributed by atoms with Crippen molar-refractivity contribution in [3.8, 4) is 11.5 Å². The summed E-state index contributed by atoms with van der Waals surface area (Å²) in [7, 11) is 0. The highest BCUT2D eigenvalue weighted by molar-refractivity contribution is 6.03. The molecule has 6 rings (SSSR count). The van der Waals surface area contributed by atoms with Gasteiger partial charge in [-0.2, -0.15) is 0 Å². The van der Waals surface area contributed by atoms with Crippen molar-refractivity contribution in [3.05, 3.63) is 47.3 Å². The molecule has 0 saturated heterocycles. The van der Waals surface area contributed by atoms with E-state index in [-0.39, 0.29) is 31.2 Å². The quantitative estimate of drug-likeness (QED) is 0.629. The molecule has 1 fully saturated rings. The molecule has 3 aliphatic rings. The third-order valence-corrected chi connectivity index (χ3v) is 7.45. The number of furan rings is 1. The molecule has 1 atom stereocenters. The minimum Gasteiger partial charge on any atom is -0.460 e. The molecule has 1 aliphatic carbocycles. The standard InChI is InChI=1S/C26H29N3O5/c1-16-10-19-22(34-16)12-20-24(30)29(13-17-8-9-21-23(11-17)33-15-32-21)26(2,14-28(19)20)25(31)27-18-6-4-3-5-7-18/h8-12,18H,3-7,13-15H2,1-2H3,(H,27,31)/t26-/m1/s1. The number of carbonyl (C=O) groups excluding carboxylic acids is 2. The van der Waals surface area contributed by atoms with Crippen LogP contribution in [-0.2, 0) is 17.9 Å². The van der Waals surface area contributed by atoms with E-state index in [1.165, 1.54) is 6.42 Å². The van der Waals surface area contributed by atoms with Crippen LogP contribution >= 0.6 is 0 Å². The molecule has 1 saturated carbocycles. The van der Waals surface area contributed by atoms with Crippen molar-refractivity contribution in [2.75, 3.05) is 6.79 Å². The second kappa shape index (κ2) is 7.82. The van der Waals surface area contributed by atoms with Crippen LogP contribution in [0, 0.1) is 6.92 Å². The van der Waals surface area contributed by atoms with E-state index in [9.17, 15) is 9.59 Å². The average molecular weight is 464 g/mol. The molecule has 178 valence electrons. The molecule has 2 aromatic heterocycles. The summed E-state index contributed by atoms with van der Waals surface area (Å²) >= 11 is 0. The highest BCUT2D eigenvalue weighted by atomic mass is 16.7. The number of amides is 2. The van der Waals surface area contributed by atoms with Crippen LogP contribution in [0.2, 0.25) is 0 Å². The Hall–Kier alpha value is -3.42. The lowest BCUT2D eigenvalue weighted by molar-refractivity contribution is -0.134. The van der Waals surface area contributed by atoms with Gasteiger partial charge in [-0.3, -0.25) is 9.59 Å². The molecule has 4 heterocycles. The summed E-state index contributed by atoms with van der Waals surface area (Å²) in [6.45, 7) is 4.60. The maximum Gasteiger partial charge on any atom is 0.271 e. The van der Waals surface area contributed by atoms with Gasteiger partial charge in [0.05, 0.1) is 12.1 Å². The van der Waals surface area contributed by atoms with Crippen LogP contribution in [0.3, 0.4) is 0 Å². The Bertz CT molecular complexity index is 1290. The largest absolute Gasteiger partial charge is 0.460 e. The summed E-state index contributed by atoms with van der Waals surface area (Å²) in [5, 5.41) is 3.27. The Morgan fingerprint density at radius 3 is 2.74 bits per heavy atom. The molecule has 3 aromatic rings. The van der Waals surface area contributed by atoms with Crippen molar-refractivity contribution in [1.82, 2.24) is 14.8 Å². The number of ether oxygens (including phenoxy) is 2. The van der Waals surface area contributed by atoms with Crippen molar-refractivity contribution in [2.24, 2.45) is 0 Å². The number of nitrogens with zero attached hydrogens (tertiary/aromatic N) is 2. The predicted molar refractivity (Wildman–Crippen MR) is 125 cm³/mol. The summed E-state index contributed by atoms with van der Waals surface area (Å²) in [4.78, 5) is 29.4. The zero-order valence-electron chi connectivity index (χ0n) is 19.6. The molecule has 1 aromatic carbocycles. The lowest BCUT2D eigenvalue weighted by Crippen LogP contribution is -2.64. The monoisotopic (exact) mass is 463 g/mol. The van der Waals surface area contributed by atoms with Gasteiger partial charge in [-0.15, -0.1) is 0 Å². The number of benzene rings is 1. The van der Waals surface area contributed by atoms with Gasteiger partial charge in [0.25, 0.3) is 5.91 Å². The van der Waals surface area contributed by atoms with E-state index in [1.807, 2.05) is 42.7 Å². The Morgan fingerprint density at radius 1 is 1.12 bits per heavy atom. The van der Waals surface area contributed by atoms with E-state index in [2.05, 4.69) is 5.32 Å². The second-order valence-corrected chi connectivity index (χ2v) is 9.88. The lowest BCUT2D eigenvalue weighted by Gasteiger charge is -2.44. The molecular weight excluding hydrogens is 434 g/mol. The molecule has 1 N–H and O–H groups in total. The zero-order chi connectivity index (χ0) is 23.4. The third kappa shape index (κ3) is 3.35. The molecule has 0 radical (unpaired) electrons. The molecule has 0 unspecified atom stereocenters. The van der Waals surface area contributed by atoms with Gasteiger partial charge in [0.2, 0.25) is 12.7 Å². The third-order valence-electron chi connectivity index (χ3n) is 7.45. The molecule has 0 spiro atoms. The van der Waals surface area contributed by atoms with Gasteiger partial charge in [0, 0.05) is 24.7 Å². The van der Waals surface area contributed by atoms with Crippen LogP contribution in [-0.4, -0.2) is 39.7 Å². The Morgan fingerprint density at radius 2 is 1.91 bits per heavy atom. The number of aryl methyl sites for hydroxylation is 1. The highest BCUT2D eigenvalue weighted by Gasteiger charge is 2.48. The summed E-state index contributed by atoms with van der Waals surface area (Å²) < 4.78 is 18.7. The van der Waals surface area contributed by atoms with E-state index in [0.29, 0.717) is 29.3 Å². The molecule has 0 bridgehead atoms. The molecule has 2 amide bonds. The van der Waals surface area contributed by atoms with Crippen LogP contribution in [0.5, 0.6) is 11.5 Å². The maximum atomic E-state index is 13.8. The summed E-state index contributed by atoms with van der Waals surface area (Å²) in [5.41, 5.74) is 1.88. The van der Waals surface area contributed by atoms with Crippen molar-refractivity contribution in [2.45, 2.75) is 70.6 Å². The first-order chi connectivity index (χ1) is 16.4. The van der Waals surface area contributed by atoms with Gasteiger partial charge < -0.3 is 28.7 Å². The summed E-state index contributed by atoms with van der Waals surface area (Å²) in [6, 6.07) is 9.53. The van der Waals surface area contributed by atoms with E-state index < -0.39 is 5.54 Å². The van der Waals surface area contributed by atoms with Crippen molar-refractivity contribution in [1.29, 1.82) is 0 Å². The molecular formula is C26H29N3O5. The highest BCUT2D eigenvalue weighted by Crippen LogP contribution is 2.37. The van der Waals surface area contributed by atoms with E-state index in [4.69, 9.17) is 13.9 Å². The van der Waals surface area contributed by atoms with E-state index in [0.717, 1.165) is 42.5 Å². The van der Waals surface area contributed by atoms with Crippen LogP contribution in [0.15, 0.2) is 34.7 Å². The zero-order valence-corrected chi connectivity index (χ0v) is 19.6. The Labute approximate surface area is 197 Å². The minimum absolute atomic E-state index is 0.110. The number of fused-ring (bicyclic) bond motifs is 4. The number of rotatable bonds is 4. The maximum absolute atomic E-state index is 13.8. The number of nitrogens with one attached hydrogen (secondary N) is 1.